The molecule has 0 saturated carbocycles. The van der Waals surface area contributed by atoms with E-state index in [2.05, 4.69) is 0 Å². The normalized spacial score (nSPS) is 10.8. The second-order valence-electron chi connectivity index (χ2n) is 4.01. The number of hydrogen-bond donors (Lipinski definition) is 3. The second-order valence-corrected chi connectivity index (χ2v) is 4.01. The van der Waals surface area contributed by atoms with Crippen LogP contribution < -0.4 is 5.73 Å². The molecule has 0 bridgehead atoms. The van der Waals surface area contributed by atoms with Crippen LogP contribution in [0.15, 0.2) is 6.07 Å². The predicted octanol–water partition coefficient (Wildman–Crippen LogP) is 1.04. The Morgan fingerprint density at radius 2 is 2.06 bits per heavy atom. The molecule has 0 fully saturated rings. The first-order valence-electron chi connectivity index (χ1n) is 4.83. The van der Waals surface area contributed by atoms with Gasteiger partial charge in [-0.05, 0) is 32.6 Å². The average molecular weight is 224 g/mol. The second kappa shape index (κ2) is 4.40. The highest BCUT2D eigenvalue weighted by atomic mass is 16.4. The molecule has 0 aliphatic rings. The molecule has 1 rings (SSSR count). The molecule has 1 aromatic carbocycles. The van der Waals surface area contributed by atoms with Gasteiger partial charge in [-0.25, -0.2) is 4.79 Å². The fourth-order valence-electron chi connectivity index (χ4n) is 1.52. The van der Waals surface area contributed by atoms with Gasteiger partial charge in [0.05, 0.1) is 0 Å². The molecule has 0 heterocycles. The average Bonchev–Trinajstić information content (AvgIpc) is 2.17. The van der Waals surface area contributed by atoms with Crippen molar-refractivity contribution in [2.45, 2.75) is 13.5 Å². The third kappa shape index (κ3) is 2.25. The Balaban J connectivity index is 3.39. The van der Waals surface area contributed by atoms with Crippen molar-refractivity contribution in [1.29, 1.82) is 0 Å². The van der Waals surface area contributed by atoms with Gasteiger partial charge in [0.15, 0.2) is 0 Å². The van der Waals surface area contributed by atoms with Crippen LogP contribution in [0.2, 0.25) is 0 Å². The van der Waals surface area contributed by atoms with Crippen LogP contribution in [-0.4, -0.2) is 35.2 Å². The van der Waals surface area contributed by atoms with Crippen molar-refractivity contribution in [2.24, 2.45) is 0 Å². The summed E-state index contributed by atoms with van der Waals surface area (Å²) in [6, 6.07) is 1.28. The molecule has 1 aromatic rings. The maximum Gasteiger partial charge on any atom is 0.339 e. The van der Waals surface area contributed by atoms with E-state index in [-0.39, 0.29) is 11.3 Å². The van der Waals surface area contributed by atoms with E-state index in [0.29, 0.717) is 17.8 Å². The molecule has 0 aliphatic heterocycles. The summed E-state index contributed by atoms with van der Waals surface area (Å²) in [6.45, 7) is 2.21. The van der Waals surface area contributed by atoms with Gasteiger partial charge in [0.2, 0.25) is 0 Å². The molecular weight excluding hydrogens is 208 g/mol. The molecule has 0 aliphatic carbocycles. The lowest BCUT2D eigenvalue weighted by molar-refractivity contribution is 0.0693. The summed E-state index contributed by atoms with van der Waals surface area (Å²) >= 11 is 0. The Hall–Kier alpha value is -1.75. The van der Waals surface area contributed by atoms with E-state index in [1.807, 2.05) is 19.0 Å². The number of nitrogens with two attached hydrogens (primary N) is 1. The summed E-state index contributed by atoms with van der Waals surface area (Å²) in [5.41, 5.74) is 7.22. The number of aromatic hydroxyl groups is 1. The van der Waals surface area contributed by atoms with Crippen molar-refractivity contribution in [2.75, 3.05) is 19.8 Å². The van der Waals surface area contributed by atoms with E-state index >= 15 is 0 Å². The lowest BCUT2D eigenvalue weighted by Gasteiger charge is -2.16. The van der Waals surface area contributed by atoms with E-state index in [9.17, 15) is 9.90 Å². The third-order valence-electron chi connectivity index (χ3n) is 2.43. The zero-order valence-corrected chi connectivity index (χ0v) is 9.61. The number of aromatic carboxylic acids is 1. The molecule has 0 saturated heterocycles. The molecule has 0 unspecified atom stereocenters. The minimum absolute atomic E-state index is 0.153. The number of hydrogen-bond acceptors (Lipinski definition) is 4. The molecule has 0 atom stereocenters. The first-order chi connectivity index (χ1) is 7.34. The van der Waals surface area contributed by atoms with Crippen LogP contribution in [0.3, 0.4) is 0 Å². The summed E-state index contributed by atoms with van der Waals surface area (Å²) < 4.78 is 0. The zero-order chi connectivity index (χ0) is 12.5. The van der Waals surface area contributed by atoms with E-state index in [1.54, 1.807) is 6.92 Å². The molecule has 0 radical (unpaired) electrons. The minimum atomic E-state index is -1.18. The van der Waals surface area contributed by atoms with Gasteiger partial charge in [-0.2, -0.15) is 0 Å². The van der Waals surface area contributed by atoms with E-state index in [1.165, 1.54) is 6.07 Å². The Morgan fingerprint density at radius 3 is 2.50 bits per heavy atom. The first-order valence-corrected chi connectivity index (χ1v) is 4.83. The van der Waals surface area contributed by atoms with Crippen LogP contribution in [0.5, 0.6) is 5.75 Å². The van der Waals surface area contributed by atoms with Gasteiger partial charge >= 0.3 is 5.97 Å². The largest absolute Gasteiger partial charge is 0.507 e. The number of carboxylic acid groups (broad SMARTS) is 1. The van der Waals surface area contributed by atoms with Crippen molar-refractivity contribution in [3.05, 3.63) is 22.8 Å². The Labute approximate surface area is 94.1 Å². The smallest absolute Gasteiger partial charge is 0.339 e. The standard InChI is InChI=1S/C11H16N2O3/c1-6-8(5-13(2)3)10(14)7(11(15)16)4-9(6)12/h4,14H,5,12H2,1-3H3,(H,15,16). The number of carboxylic acids is 1. The molecule has 0 aromatic heterocycles. The topological polar surface area (TPSA) is 86.8 Å². The first kappa shape index (κ1) is 12.3. The number of benzene rings is 1. The van der Waals surface area contributed by atoms with E-state index in [4.69, 9.17) is 10.8 Å². The third-order valence-corrected chi connectivity index (χ3v) is 2.43. The molecule has 0 spiro atoms. The lowest BCUT2D eigenvalue weighted by atomic mass is 10.0. The number of nitrogens with zero attached hydrogens (tertiary/aromatic N) is 1. The number of phenols is 1. The minimum Gasteiger partial charge on any atom is -0.507 e. The number of anilines is 1. The van der Waals surface area contributed by atoms with Gasteiger partial charge in [0, 0.05) is 17.8 Å². The van der Waals surface area contributed by atoms with Crippen molar-refractivity contribution >= 4 is 11.7 Å². The van der Waals surface area contributed by atoms with E-state index in [0.717, 1.165) is 5.56 Å². The van der Waals surface area contributed by atoms with Crippen LogP contribution >= 0.6 is 0 Å². The van der Waals surface area contributed by atoms with Crippen LogP contribution in [0.25, 0.3) is 0 Å². The van der Waals surface area contributed by atoms with Crippen LogP contribution in [0, 0.1) is 6.92 Å². The predicted molar refractivity (Wildman–Crippen MR) is 61.6 cm³/mol. The van der Waals surface area contributed by atoms with Crippen LogP contribution in [0.4, 0.5) is 5.69 Å². The van der Waals surface area contributed by atoms with Crippen molar-refractivity contribution < 1.29 is 15.0 Å². The fraction of sp³-hybridized carbons (Fsp3) is 0.364. The number of rotatable bonds is 3. The number of nitrogen functional groups attached to an aromatic ring is 1. The maximum atomic E-state index is 10.9. The highest BCUT2D eigenvalue weighted by Gasteiger charge is 2.18. The Kier molecular flexibility index (Phi) is 3.39. The van der Waals surface area contributed by atoms with Gasteiger partial charge in [-0.1, -0.05) is 0 Å². The molecule has 4 N–H and O–H groups in total. The molecule has 88 valence electrons. The van der Waals surface area contributed by atoms with Gasteiger partial charge in [-0.15, -0.1) is 0 Å². The van der Waals surface area contributed by atoms with Gasteiger partial charge in [0.25, 0.3) is 0 Å². The quantitative estimate of drug-likeness (QED) is 0.527. The highest BCUT2D eigenvalue weighted by molar-refractivity contribution is 5.93. The van der Waals surface area contributed by atoms with Crippen molar-refractivity contribution in [3.63, 3.8) is 0 Å². The molecule has 0 amide bonds. The zero-order valence-electron chi connectivity index (χ0n) is 9.61. The number of carbonyl (C=O) groups is 1. The van der Waals surface area contributed by atoms with Gasteiger partial charge in [-0.3, -0.25) is 0 Å². The van der Waals surface area contributed by atoms with Gasteiger partial charge in [0.1, 0.15) is 11.3 Å². The van der Waals surface area contributed by atoms with Crippen LogP contribution in [0.1, 0.15) is 21.5 Å². The van der Waals surface area contributed by atoms with Gasteiger partial charge < -0.3 is 20.8 Å². The molecular formula is C11H16N2O3. The monoisotopic (exact) mass is 224 g/mol. The fourth-order valence-corrected chi connectivity index (χ4v) is 1.52. The summed E-state index contributed by atoms with van der Waals surface area (Å²) in [5.74, 6) is -1.38. The summed E-state index contributed by atoms with van der Waals surface area (Å²) in [6.07, 6.45) is 0. The maximum absolute atomic E-state index is 10.9. The van der Waals surface area contributed by atoms with Crippen molar-refractivity contribution in [1.82, 2.24) is 4.90 Å². The van der Waals surface area contributed by atoms with Crippen LogP contribution in [-0.2, 0) is 6.54 Å². The molecule has 5 nitrogen and oxygen atoms in total. The summed E-state index contributed by atoms with van der Waals surface area (Å²) in [5, 5.41) is 18.8. The Bertz CT molecular complexity index is 428. The summed E-state index contributed by atoms with van der Waals surface area (Å²) in [4.78, 5) is 12.7. The Morgan fingerprint density at radius 1 is 1.50 bits per heavy atom. The molecule has 16 heavy (non-hydrogen) atoms. The van der Waals surface area contributed by atoms with E-state index < -0.39 is 5.97 Å². The highest BCUT2D eigenvalue weighted by Crippen LogP contribution is 2.31. The lowest BCUT2D eigenvalue weighted by Crippen LogP contribution is -2.14. The SMILES string of the molecule is Cc1c(N)cc(C(=O)O)c(O)c1CN(C)C. The molecule has 5 heteroatoms. The van der Waals surface area contributed by atoms with Crippen molar-refractivity contribution in [3.8, 4) is 5.75 Å². The summed E-state index contributed by atoms with van der Waals surface area (Å²) in [7, 11) is 3.67.